The van der Waals surface area contributed by atoms with Gasteiger partial charge in [0.15, 0.2) is 0 Å². The van der Waals surface area contributed by atoms with E-state index in [0.29, 0.717) is 16.7 Å². The van der Waals surface area contributed by atoms with E-state index in [0.717, 1.165) is 0 Å². The van der Waals surface area contributed by atoms with E-state index in [4.69, 9.17) is 5.73 Å². The maximum atomic E-state index is 10.8. The lowest BCUT2D eigenvalue weighted by atomic mass is 9.88. The Hall–Kier alpha value is -1.01. The highest BCUT2D eigenvalue weighted by atomic mass is 79.9. The summed E-state index contributed by atoms with van der Waals surface area (Å²) in [6.07, 6.45) is 1.54. The van der Waals surface area contributed by atoms with Crippen LogP contribution >= 0.6 is 15.9 Å². The monoisotopic (exact) mass is 273 g/mol. The first-order valence-electron chi connectivity index (χ1n) is 4.39. The van der Waals surface area contributed by atoms with Crippen molar-refractivity contribution in [3.8, 4) is 0 Å². The zero-order valence-corrected chi connectivity index (χ0v) is 10.1. The second-order valence-corrected chi connectivity index (χ2v) is 4.78. The smallest absolute Gasteiger partial charge is 0.292 e. The maximum Gasteiger partial charge on any atom is 0.292 e. The van der Waals surface area contributed by atoms with Crippen LogP contribution in [0.2, 0.25) is 0 Å². The molecule has 0 aromatic carbocycles. The molecule has 0 saturated carbocycles. The van der Waals surface area contributed by atoms with Gasteiger partial charge < -0.3 is 5.73 Å². The van der Waals surface area contributed by atoms with Gasteiger partial charge in [-0.25, -0.2) is 0 Å². The van der Waals surface area contributed by atoms with Crippen molar-refractivity contribution >= 4 is 21.6 Å². The van der Waals surface area contributed by atoms with Crippen molar-refractivity contribution in [1.29, 1.82) is 0 Å². The van der Waals surface area contributed by atoms with Crippen molar-refractivity contribution < 1.29 is 4.92 Å². The first-order chi connectivity index (χ1) is 6.88. The molecule has 5 nitrogen and oxygen atoms in total. The molecule has 0 aliphatic heterocycles. The zero-order valence-electron chi connectivity index (χ0n) is 8.53. The number of nitro groups is 1. The first kappa shape index (κ1) is 12.1. The van der Waals surface area contributed by atoms with Crippen molar-refractivity contribution in [2.75, 3.05) is 6.54 Å². The minimum absolute atomic E-state index is 0.000162. The van der Waals surface area contributed by atoms with Gasteiger partial charge in [0.1, 0.15) is 5.69 Å². The molecule has 1 aromatic rings. The third-order valence-corrected chi connectivity index (χ3v) is 2.62. The standard InChI is InChI=1S/C9H12BrN3O2/c1-9(2,5-11)8-7(13(14)15)3-6(10)4-12-8/h3-4H,5,11H2,1-2H3. The third kappa shape index (κ3) is 2.51. The van der Waals surface area contributed by atoms with Crippen LogP contribution in [-0.4, -0.2) is 16.5 Å². The first-order valence-corrected chi connectivity index (χ1v) is 5.18. The summed E-state index contributed by atoms with van der Waals surface area (Å²) >= 11 is 3.16. The summed E-state index contributed by atoms with van der Waals surface area (Å²) in [5.74, 6) is 0. The molecule has 0 unspecified atom stereocenters. The molecule has 0 atom stereocenters. The van der Waals surface area contributed by atoms with Gasteiger partial charge in [0.05, 0.1) is 4.92 Å². The molecule has 0 bridgehead atoms. The van der Waals surface area contributed by atoms with Gasteiger partial charge in [-0.15, -0.1) is 0 Å². The minimum Gasteiger partial charge on any atom is -0.330 e. The van der Waals surface area contributed by atoms with Crippen molar-refractivity contribution in [1.82, 2.24) is 4.98 Å². The van der Waals surface area contributed by atoms with Crippen molar-refractivity contribution in [3.63, 3.8) is 0 Å². The number of nitrogens with zero attached hydrogens (tertiary/aromatic N) is 2. The van der Waals surface area contributed by atoms with Gasteiger partial charge in [-0.2, -0.15) is 0 Å². The largest absolute Gasteiger partial charge is 0.330 e. The van der Waals surface area contributed by atoms with Gasteiger partial charge in [0, 0.05) is 28.7 Å². The summed E-state index contributed by atoms with van der Waals surface area (Å²) in [6.45, 7) is 3.97. The maximum absolute atomic E-state index is 10.8. The van der Waals surface area contributed by atoms with Crippen LogP contribution in [0.4, 0.5) is 5.69 Å². The summed E-state index contributed by atoms with van der Waals surface area (Å²) in [5, 5.41) is 10.8. The molecule has 82 valence electrons. The van der Waals surface area contributed by atoms with E-state index in [1.807, 2.05) is 13.8 Å². The number of nitrogens with two attached hydrogens (primary N) is 1. The Balaban J connectivity index is 3.35. The van der Waals surface area contributed by atoms with E-state index in [2.05, 4.69) is 20.9 Å². The summed E-state index contributed by atoms with van der Waals surface area (Å²) in [4.78, 5) is 14.5. The van der Waals surface area contributed by atoms with Crippen molar-refractivity contribution in [2.24, 2.45) is 5.73 Å². The molecule has 15 heavy (non-hydrogen) atoms. The molecule has 0 aliphatic carbocycles. The van der Waals surface area contributed by atoms with Crippen LogP contribution in [0, 0.1) is 10.1 Å². The molecule has 0 saturated heterocycles. The summed E-state index contributed by atoms with van der Waals surface area (Å²) in [7, 11) is 0. The quantitative estimate of drug-likeness (QED) is 0.675. The Labute approximate surface area is 96.0 Å². The number of hydrogen-bond acceptors (Lipinski definition) is 4. The van der Waals surface area contributed by atoms with Gasteiger partial charge in [0.2, 0.25) is 0 Å². The van der Waals surface area contributed by atoms with E-state index >= 15 is 0 Å². The van der Waals surface area contributed by atoms with E-state index < -0.39 is 10.3 Å². The second kappa shape index (κ2) is 4.24. The predicted octanol–water partition coefficient (Wildman–Crippen LogP) is 1.99. The number of pyridine rings is 1. The molecule has 0 spiro atoms. The molecular formula is C9H12BrN3O2. The van der Waals surface area contributed by atoms with Gasteiger partial charge in [-0.1, -0.05) is 13.8 Å². The molecule has 1 aromatic heterocycles. The number of aromatic nitrogens is 1. The average Bonchev–Trinajstić information content (AvgIpc) is 2.17. The van der Waals surface area contributed by atoms with Gasteiger partial charge in [-0.05, 0) is 15.9 Å². The van der Waals surface area contributed by atoms with E-state index in [1.165, 1.54) is 6.07 Å². The van der Waals surface area contributed by atoms with Crippen LogP contribution in [0.1, 0.15) is 19.5 Å². The van der Waals surface area contributed by atoms with Crippen molar-refractivity contribution in [2.45, 2.75) is 19.3 Å². The SMILES string of the molecule is CC(C)(CN)c1ncc(Br)cc1[N+](=O)[O-]. The van der Waals surface area contributed by atoms with E-state index in [9.17, 15) is 10.1 Å². The molecule has 1 rings (SSSR count). The number of hydrogen-bond donors (Lipinski definition) is 1. The molecule has 0 aliphatic rings. The fourth-order valence-corrected chi connectivity index (χ4v) is 1.51. The summed E-state index contributed by atoms with van der Waals surface area (Å²) in [6, 6.07) is 1.44. The lowest BCUT2D eigenvalue weighted by molar-refractivity contribution is -0.386. The molecule has 2 N–H and O–H groups in total. The Morgan fingerprint density at radius 2 is 2.27 bits per heavy atom. The summed E-state index contributed by atoms with van der Waals surface area (Å²) in [5.41, 5.74) is 5.49. The highest BCUT2D eigenvalue weighted by Crippen LogP contribution is 2.30. The zero-order chi connectivity index (χ0) is 11.6. The predicted molar refractivity (Wildman–Crippen MR) is 60.7 cm³/mol. The van der Waals surface area contributed by atoms with Crippen LogP contribution in [-0.2, 0) is 5.41 Å². The van der Waals surface area contributed by atoms with E-state index in [1.54, 1.807) is 6.20 Å². The Kier molecular flexibility index (Phi) is 3.41. The van der Waals surface area contributed by atoms with Crippen LogP contribution < -0.4 is 5.73 Å². The molecule has 0 fully saturated rings. The molecule has 6 heteroatoms. The topological polar surface area (TPSA) is 82.0 Å². The Morgan fingerprint density at radius 3 is 2.73 bits per heavy atom. The van der Waals surface area contributed by atoms with E-state index in [-0.39, 0.29) is 5.69 Å². The molecule has 0 radical (unpaired) electrons. The van der Waals surface area contributed by atoms with Crippen LogP contribution in [0.3, 0.4) is 0 Å². The Bertz CT molecular complexity index is 393. The number of halogens is 1. The van der Waals surface area contributed by atoms with Crippen LogP contribution in [0.5, 0.6) is 0 Å². The normalized spacial score (nSPS) is 11.5. The average molecular weight is 274 g/mol. The molecule has 1 heterocycles. The van der Waals surface area contributed by atoms with Crippen LogP contribution in [0.25, 0.3) is 0 Å². The second-order valence-electron chi connectivity index (χ2n) is 3.87. The fraction of sp³-hybridized carbons (Fsp3) is 0.444. The minimum atomic E-state index is -0.497. The number of rotatable bonds is 3. The molecule has 0 amide bonds. The lowest BCUT2D eigenvalue weighted by Crippen LogP contribution is -2.30. The molecular weight excluding hydrogens is 262 g/mol. The lowest BCUT2D eigenvalue weighted by Gasteiger charge is -2.21. The Morgan fingerprint density at radius 1 is 1.67 bits per heavy atom. The third-order valence-electron chi connectivity index (χ3n) is 2.18. The fourth-order valence-electron chi connectivity index (χ4n) is 1.19. The highest BCUT2D eigenvalue weighted by Gasteiger charge is 2.29. The summed E-state index contributed by atoms with van der Waals surface area (Å²) < 4.78 is 0.589. The highest BCUT2D eigenvalue weighted by molar-refractivity contribution is 9.10. The van der Waals surface area contributed by atoms with Gasteiger partial charge >= 0.3 is 0 Å². The van der Waals surface area contributed by atoms with Crippen LogP contribution in [0.15, 0.2) is 16.7 Å². The van der Waals surface area contributed by atoms with Crippen molar-refractivity contribution in [3.05, 3.63) is 32.5 Å². The van der Waals surface area contributed by atoms with Gasteiger partial charge in [0.25, 0.3) is 5.69 Å². The van der Waals surface area contributed by atoms with Gasteiger partial charge in [-0.3, -0.25) is 15.1 Å².